The maximum Gasteiger partial charge on any atom is 0.122 e. The van der Waals surface area contributed by atoms with Crippen molar-refractivity contribution < 1.29 is 9.84 Å². The van der Waals surface area contributed by atoms with Crippen molar-refractivity contribution in [3.63, 3.8) is 0 Å². The predicted octanol–water partition coefficient (Wildman–Crippen LogP) is 3.21. The minimum Gasteiger partial charge on any atom is -0.493 e. The van der Waals surface area contributed by atoms with Crippen LogP contribution in [0.1, 0.15) is 28.4 Å². The highest BCUT2D eigenvalue weighted by Gasteiger charge is 2.16. The first kappa shape index (κ1) is 12.2. The molecule has 2 aromatic carbocycles. The van der Waals surface area contributed by atoms with Gasteiger partial charge in [-0.2, -0.15) is 0 Å². The van der Waals surface area contributed by atoms with E-state index in [2.05, 4.69) is 25.1 Å². The zero-order valence-electron chi connectivity index (χ0n) is 11.1. The molecule has 0 bridgehead atoms. The molecule has 3 rings (SSSR count). The lowest BCUT2D eigenvalue weighted by atomic mass is 9.97. The van der Waals surface area contributed by atoms with Gasteiger partial charge in [0.05, 0.1) is 12.7 Å². The van der Waals surface area contributed by atoms with E-state index in [1.807, 2.05) is 24.3 Å². The molecular weight excluding hydrogens is 236 g/mol. The van der Waals surface area contributed by atoms with E-state index in [0.717, 1.165) is 24.3 Å². The van der Waals surface area contributed by atoms with Crippen molar-refractivity contribution in [2.75, 3.05) is 6.61 Å². The van der Waals surface area contributed by atoms with Gasteiger partial charge in [-0.3, -0.25) is 0 Å². The molecule has 19 heavy (non-hydrogen) atoms. The lowest BCUT2D eigenvalue weighted by molar-refractivity contribution is 0.178. The summed E-state index contributed by atoms with van der Waals surface area (Å²) in [5.74, 6) is 0.965. The van der Waals surface area contributed by atoms with E-state index in [1.54, 1.807) is 0 Å². The number of rotatable bonds is 3. The van der Waals surface area contributed by atoms with Crippen LogP contribution in [0.25, 0.3) is 0 Å². The fourth-order valence-electron chi connectivity index (χ4n) is 2.58. The molecule has 1 N–H and O–H groups in total. The molecule has 0 spiro atoms. The van der Waals surface area contributed by atoms with E-state index in [9.17, 15) is 5.11 Å². The molecule has 2 heteroatoms. The molecule has 0 amide bonds. The van der Waals surface area contributed by atoms with E-state index >= 15 is 0 Å². The van der Waals surface area contributed by atoms with Gasteiger partial charge in [-0.05, 0) is 41.3 Å². The first-order valence-electron chi connectivity index (χ1n) is 6.72. The molecule has 0 fully saturated rings. The van der Waals surface area contributed by atoms with Crippen LogP contribution in [0.4, 0.5) is 0 Å². The smallest absolute Gasteiger partial charge is 0.122 e. The third-order valence-electron chi connectivity index (χ3n) is 3.77. The molecule has 0 saturated carbocycles. The number of hydrogen-bond donors (Lipinski definition) is 1. The molecule has 0 aliphatic carbocycles. The minimum atomic E-state index is -0.452. The van der Waals surface area contributed by atoms with Crippen molar-refractivity contribution >= 4 is 0 Å². The molecule has 0 saturated heterocycles. The van der Waals surface area contributed by atoms with Crippen LogP contribution in [-0.4, -0.2) is 11.7 Å². The second-order valence-corrected chi connectivity index (χ2v) is 5.11. The van der Waals surface area contributed by atoms with E-state index in [-0.39, 0.29) is 0 Å². The van der Waals surface area contributed by atoms with Gasteiger partial charge in [0.1, 0.15) is 5.75 Å². The number of aryl methyl sites for hydroxylation is 1. The zero-order chi connectivity index (χ0) is 13.2. The largest absolute Gasteiger partial charge is 0.493 e. The van der Waals surface area contributed by atoms with E-state index < -0.39 is 6.10 Å². The molecule has 2 aromatic rings. The van der Waals surface area contributed by atoms with Crippen LogP contribution in [0.3, 0.4) is 0 Å². The summed E-state index contributed by atoms with van der Waals surface area (Å²) in [7, 11) is 0. The van der Waals surface area contributed by atoms with Crippen molar-refractivity contribution in [1.29, 1.82) is 0 Å². The van der Waals surface area contributed by atoms with Crippen LogP contribution >= 0.6 is 0 Å². The molecular formula is C17H18O2. The van der Waals surface area contributed by atoms with Gasteiger partial charge in [0.15, 0.2) is 0 Å². The summed E-state index contributed by atoms with van der Waals surface area (Å²) >= 11 is 0. The van der Waals surface area contributed by atoms with Crippen LogP contribution in [0.2, 0.25) is 0 Å². The summed E-state index contributed by atoms with van der Waals surface area (Å²) < 4.78 is 5.49. The summed E-state index contributed by atoms with van der Waals surface area (Å²) in [6.07, 6.45) is 1.15. The average molecular weight is 254 g/mol. The first-order chi connectivity index (χ1) is 9.24. The standard InChI is InChI=1S/C17H18O2/c1-12-4-2-3-5-13(12)11-16(18)14-6-7-17-15(10-14)8-9-19-17/h2-7,10,16,18H,8-9,11H2,1H3. The lowest BCUT2D eigenvalue weighted by Crippen LogP contribution is -2.03. The third kappa shape index (κ3) is 2.49. The Bertz CT molecular complexity index is 590. The van der Waals surface area contributed by atoms with Crippen LogP contribution in [0, 0.1) is 6.92 Å². The Morgan fingerprint density at radius 1 is 1.21 bits per heavy atom. The maximum atomic E-state index is 10.4. The van der Waals surface area contributed by atoms with Gasteiger partial charge < -0.3 is 9.84 Å². The number of aliphatic hydroxyl groups excluding tert-OH is 1. The summed E-state index contributed by atoms with van der Waals surface area (Å²) in [6.45, 7) is 2.84. The molecule has 0 aromatic heterocycles. The fourth-order valence-corrected chi connectivity index (χ4v) is 2.58. The molecule has 0 radical (unpaired) electrons. The molecule has 2 nitrogen and oxygen atoms in total. The highest BCUT2D eigenvalue weighted by atomic mass is 16.5. The number of ether oxygens (including phenoxy) is 1. The number of aliphatic hydroxyl groups is 1. The first-order valence-corrected chi connectivity index (χ1v) is 6.72. The minimum absolute atomic E-state index is 0.452. The Morgan fingerprint density at radius 2 is 2.05 bits per heavy atom. The fraction of sp³-hybridized carbons (Fsp3) is 0.294. The Hall–Kier alpha value is -1.80. The van der Waals surface area contributed by atoms with Crippen molar-refractivity contribution in [3.05, 3.63) is 64.7 Å². The Labute approximate surface area is 113 Å². The Balaban J connectivity index is 1.81. The van der Waals surface area contributed by atoms with Gasteiger partial charge >= 0.3 is 0 Å². The molecule has 1 heterocycles. The Morgan fingerprint density at radius 3 is 2.89 bits per heavy atom. The SMILES string of the molecule is Cc1ccccc1CC(O)c1ccc2c(c1)CCO2. The second-order valence-electron chi connectivity index (χ2n) is 5.11. The van der Waals surface area contributed by atoms with Crippen LogP contribution in [0.15, 0.2) is 42.5 Å². The van der Waals surface area contributed by atoms with Crippen molar-refractivity contribution in [1.82, 2.24) is 0 Å². The van der Waals surface area contributed by atoms with Gasteiger partial charge in [-0.1, -0.05) is 30.3 Å². The maximum absolute atomic E-state index is 10.4. The zero-order valence-corrected chi connectivity index (χ0v) is 11.1. The Kier molecular flexibility index (Phi) is 3.26. The normalized spacial score (nSPS) is 14.8. The van der Waals surface area contributed by atoms with Gasteiger partial charge in [0, 0.05) is 12.8 Å². The predicted molar refractivity (Wildman–Crippen MR) is 75.5 cm³/mol. The third-order valence-corrected chi connectivity index (χ3v) is 3.77. The lowest BCUT2D eigenvalue weighted by Gasteiger charge is -2.13. The summed E-state index contributed by atoms with van der Waals surface area (Å²) in [4.78, 5) is 0. The average Bonchev–Trinajstić information content (AvgIpc) is 2.88. The van der Waals surface area contributed by atoms with E-state index in [0.29, 0.717) is 6.42 Å². The molecule has 1 atom stereocenters. The van der Waals surface area contributed by atoms with E-state index in [1.165, 1.54) is 16.7 Å². The molecule has 1 unspecified atom stereocenters. The summed E-state index contributed by atoms with van der Waals surface area (Å²) in [6, 6.07) is 14.2. The van der Waals surface area contributed by atoms with Crippen molar-refractivity contribution in [3.8, 4) is 5.75 Å². The molecule has 98 valence electrons. The second kappa shape index (κ2) is 5.06. The number of benzene rings is 2. The number of hydrogen-bond acceptors (Lipinski definition) is 2. The highest BCUT2D eigenvalue weighted by Crippen LogP contribution is 2.29. The van der Waals surface area contributed by atoms with Gasteiger partial charge in [0.2, 0.25) is 0 Å². The van der Waals surface area contributed by atoms with Crippen LogP contribution < -0.4 is 4.74 Å². The van der Waals surface area contributed by atoms with Crippen LogP contribution in [0.5, 0.6) is 5.75 Å². The van der Waals surface area contributed by atoms with Gasteiger partial charge in [-0.25, -0.2) is 0 Å². The quantitative estimate of drug-likeness (QED) is 0.911. The summed E-state index contributed by atoms with van der Waals surface area (Å²) in [5.41, 5.74) is 4.62. The molecule has 1 aliphatic rings. The van der Waals surface area contributed by atoms with Crippen LogP contribution in [-0.2, 0) is 12.8 Å². The van der Waals surface area contributed by atoms with Crippen molar-refractivity contribution in [2.24, 2.45) is 0 Å². The number of fused-ring (bicyclic) bond motifs is 1. The van der Waals surface area contributed by atoms with E-state index in [4.69, 9.17) is 4.74 Å². The highest BCUT2D eigenvalue weighted by molar-refractivity contribution is 5.41. The van der Waals surface area contributed by atoms with Gasteiger partial charge in [-0.15, -0.1) is 0 Å². The summed E-state index contributed by atoms with van der Waals surface area (Å²) in [5, 5.41) is 10.4. The topological polar surface area (TPSA) is 29.5 Å². The monoisotopic (exact) mass is 254 g/mol. The van der Waals surface area contributed by atoms with Gasteiger partial charge in [0.25, 0.3) is 0 Å². The molecule has 1 aliphatic heterocycles. The van der Waals surface area contributed by atoms with Crippen molar-refractivity contribution in [2.45, 2.75) is 25.9 Å².